The molecule has 0 unspecified atom stereocenters. The van der Waals surface area contributed by atoms with Crippen LogP contribution in [-0.2, 0) is 12.8 Å². The van der Waals surface area contributed by atoms with E-state index in [4.69, 9.17) is 4.74 Å². The highest BCUT2D eigenvalue weighted by molar-refractivity contribution is 7.98. The molecule has 6 nitrogen and oxygen atoms in total. The molecule has 1 heterocycles. The first-order valence-electron chi connectivity index (χ1n) is 5.61. The second kappa shape index (κ2) is 6.09. The average Bonchev–Trinajstić information content (AvgIpc) is 2.81. The maximum atomic E-state index is 9.35. The van der Waals surface area contributed by atoms with E-state index in [2.05, 4.69) is 10.1 Å². The Morgan fingerprint density at radius 2 is 2.21 bits per heavy atom. The number of benzene rings is 1. The second-order valence-electron chi connectivity index (χ2n) is 3.89. The predicted octanol–water partition coefficient (Wildman–Crippen LogP) is -0.204. The molecule has 0 aliphatic rings. The van der Waals surface area contributed by atoms with Crippen LogP contribution in [0.2, 0.25) is 0 Å². The lowest BCUT2D eigenvalue weighted by molar-refractivity contribution is 0.413. The van der Waals surface area contributed by atoms with Gasteiger partial charge in [0.05, 0.1) is 7.11 Å². The molecule has 0 saturated heterocycles. The molecule has 0 atom stereocenters. The molecule has 2 aromatic rings. The highest BCUT2D eigenvalue weighted by atomic mass is 32.2. The monoisotopic (exact) mass is 279 g/mol. The summed E-state index contributed by atoms with van der Waals surface area (Å²) in [5.74, 6) is 1.23. The normalized spacial score (nSPS) is 10.5. The van der Waals surface area contributed by atoms with Gasteiger partial charge >= 0.3 is 7.12 Å². The summed E-state index contributed by atoms with van der Waals surface area (Å²) < 4.78 is 6.81. The fourth-order valence-corrected chi connectivity index (χ4v) is 2.53. The third-order valence-corrected chi connectivity index (χ3v) is 3.74. The smallest absolute Gasteiger partial charge is 0.488 e. The third-order valence-electron chi connectivity index (χ3n) is 2.65. The minimum atomic E-state index is -1.50. The Hall–Kier alpha value is -1.51. The number of thioether (sulfide) groups is 1. The van der Waals surface area contributed by atoms with Gasteiger partial charge in [0.2, 0.25) is 0 Å². The van der Waals surface area contributed by atoms with E-state index in [0.29, 0.717) is 17.0 Å². The van der Waals surface area contributed by atoms with Gasteiger partial charge in [0.25, 0.3) is 0 Å². The molecule has 19 heavy (non-hydrogen) atoms. The van der Waals surface area contributed by atoms with E-state index in [1.54, 1.807) is 30.0 Å². The number of aryl methyl sites for hydroxylation is 1. The van der Waals surface area contributed by atoms with Crippen LogP contribution in [0.1, 0.15) is 5.56 Å². The largest absolute Gasteiger partial charge is 0.497 e. The number of aromatic nitrogens is 3. The molecule has 0 amide bonds. The van der Waals surface area contributed by atoms with Crippen LogP contribution >= 0.6 is 11.8 Å². The number of nitrogens with zero attached hydrogens (tertiary/aromatic N) is 3. The SMILES string of the molecule is COc1ccc(B(O)O)c(CSc2ncnn2C)c1. The molecule has 1 aromatic carbocycles. The topological polar surface area (TPSA) is 80.4 Å². The maximum absolute atomic E-state index is 9.35. The van der Waals surface area contributed by atoms with Crippen molar-refractivity contribution in [2.75, 3.05) is 7.11 Å². The lowest BCUT2D eigenvalue weighted by Crippen LogP contribution is -2.32. The maximum Gasteiger partial charge on any atom is 0.488 e. The molecule has 0 aliphatic heterocycles. The zero-order valence-electron chi connectivity index (χ0n) is 10.6. The van der Waals surface area contributed by atoms with Gasteiger partial charge in [-0.15, -0.1) is 0 Å². The van der Waals surface area contributed by atoms with Gasteiger partial charge in [-0.1, -0.05) is 17.8 Å². The molecule has 0 spiro atoms. The molecule has 0 saturated carbocycles. The van der Waals surface area contributed by atoms with Crippen molar-refractivity contribution in [3.63, 3.8) is 0 Å². The third kappa shape index (κ3) is 3.28. The minimum Gasteiger partial charge on any atom is -0.497 e. The first kappa shape index (κ1) is 13.9. The molecule has 1 aromatic heterocycles. The highest BCUT2D eigenvalue weighted by Gasteiger charge is 2.17. The number of rotatable bonds is 5. The first-order valence-corrected chi connectivity index (χ1v) is 6.60. The summed E-state index contributed by atoms with van der Waals surface area (Å²) in [5.41, 5.74) is 1.26. The van der Waals surface area contributed by atoms with Gasteiger partial charge in [-0.2, -0.15) is 5.10 Å². The Morgan fingerprint density at radius 1 is 1.42 bits per heavy atom. The average molecular weight is 279 g/mol. The van der Waals surface area contributed by atoms with Crippen molar-refractivity contribution in [3.8, 4) is 5.75 Å². The van der Waals surface area contributed by atoms with E-state index < -0.39 is 7.12 Å². The molecular weight excluding hydrogens is 265 g/mol. The molecule has 100 valence electrons. The van der Waals surface area contributed by atoms with E-state index >= 15 is 0 Å². The molecule has 2 N–H and O–H groups in total. The van der Waals surface area contributed by atoms with Crippen molar-refractivity contribution >= 4 is 24.3 Å². The lowest BCUT2D eigenvalue weighted by Gasteiger charge is -2.10. The molecule has 8 heteroatoms. The van der Waals surface area contributed by atoms with Crippen molar-refractivity contribution in [1.82, 2.24) is 14.8 Å². The van der Waals surface area contributed by atoms with Crippen LogP contribution in [0.5, 0.6) is 5.75 Å². The second-order valence-corrected chi connectivity index (χ2v) is 4.84. The van der Waals surface area contributed by atoms with Crippen molar-refractivity contribution in [3.05, 3.63) is 30.1 Å². The lowest BCUT2D eigenvalue weighted by atomic mass is 9.77. The molecule has 0 fully saturated rings. The summed E-state index contributed by atoms with van der Waals surface area (Å²) >= 11 is 1.47. The van der Waals surface area contributed by atoms with Gasteiger partial charge in [0.1, 0.15) is 12.1 Å². The van der Waals surface area contributed by atoms with Crippen LogP contribution in [0.15, 0.2) is 29.7 Å². The zero-order valence-corrected chi connectivity index (χ0v) is 11.5. The van der Waals surface area contributed by atoms with Crippen LogP contribution in [0.25, 0.3) is 0 Å². The predicted molar refractivity (Wildman–Crippen MR) is 73.4 cm³/mol. The number of hydrogen-bond donors (Lipinski definition) is 2. The van der Waals surface area contributed by atoms with Gasteiger partial charge in [0.15, 0.2) is 5.16 Å². The van der Waals surface area contributed by atoms with E-state index in [0.717, 1.165) is 10.7 Å². The number of methoxy groups -OCH3 is 1. The molecule has 0 bridgehead atoms. The van der Waals surface area contributed by atoms with E-state index in [-0.39, 0.29) is 0 Å². The summed E-state index contributed by atoms with van der Waals surface area (Å²) in [6.45, 7) is 0. The van der Waals surface area contributed by atoms with Gasteiger partial charge in [-0.25, -0.2) is 9.67 Å². The Kier molecular flexibility index (Phi) is 4.46. The van der Waals surface area contributed by atoms with Crippen molar-refractivity contribution in [2.45, 2.75) is 10.9 Å². The fourth-order valence-electron chi connectivity index (χ4n) is 1.64. The van der Waals surface area contributed by atoms with Gasteiger partial charge in [-0.05, 0) is 23.2 Å². The Balaban J connectivity index is 2.20. The summed E-state index contributed by atoms with van der Waals surface area (Å²) in [4.78, 5) is 4.11. The zero-order chi connectivity index (χ0) is 13.8. The highest BCUT2D eigenvalue weighted by Crippen LogP contribution is 2.21. The van der Waals surface area contributed by atoms with Crippen molar-refractivity contribution in [1.29, 1.82) is 0 Å². The number of hydrogen-bond acceptors (Lipinski definition) is 6. The van der Waals surface area contributed by atoms with Crippen LogP contribution in [0.4, 0.5) is 0 Å². The summed E-state index contributed by atoms with van der Waals surface area (Å²) in [6, 6.07) is 5.14. The molecular formula is C11H14BN3O3S. The standard InChI is InChI=1S/C11H14BN3O3S/c1-15-11(13-7-14-15)19-6-8-5-9(18-2)3-4-10(8)12(16)17/h3-5,7,16-17H,6H2,1-2H3. The first-order chi connectivity index (χ1) is 9.11. The van der Waals surface area contributed by atoms with Crippen molar-refractivity contribution < 1.29 is 14.8 Å². The summed E-state index contributed by atoms with van der Waals surface area (Å²) in [5, 5.41) is 23.5. The fraction of sp³-hybridized carbons (Fsp3) is 0.273. The Labute approximate surface area is 115 Å². The van der Waals surface area contributed by atoms with Crippen molar-refractivity contribution in [2.24, 2.45) is 7.05 Å². The minimum absolute atomic E-state index is 0.468. The van der Waals surface area contributed by atoms with Gasteiger partial charge in [-0.3, -0.25) is 0 Å². The summed E-state index contributed by atoms with van der Waals surface area (Å²) in [7, 11) is 1.88. The summed E-state index contributed by atoms with van der Waals surface area (Å²) in [6.07, 6.45) is 1.48. The molecule has 2 rings (SSSR count). The van der Waals surface area contributed by atoms with Crippen LogP contribution in [-0.4, -0.2) is 39.0 Å². The van der Waals surface area contributed by atoms with E-state index in [1.165, 1.54) is 18.1 Å². The molecule has 0 radical (unpaired) electrons. The number of ether oxygens (including phenoxy) is 1. The Bertz CT molecular complexity index is 562. The van der Waals surface area contributed by atoms with Gasteiger partial charge < -0.3 is 14.8 Å². The quantitative estimate of drug-likeness (QED) is 0.582. The van der Waals surface area contributed by atoms with Gasteiger partial charge in [0, 0.05) is 12.8 Å². The van der Waals surface area contributed by atoms with E-state index in [1.807, 2.05) is 7.05 Å². The molecule has 0 aliphatic carbocycles. The van der Waals surface area contributed by atoms with Crippen LogP contribution in [0.3, 0.4) is 0 Å². The van der Waals surface area contributed by atoms with E-state index in [9.17, 15) is 10.0 Å². The van der Waals surface area contributed by atoms with Crippen LogP contribution in [0, 0.1) is 0 Å². The Morgan fingerprint density at radius 3 is 2.79 bits per heavy atom. The van der Waals surface area contributed by atoms with Crippen LogP contribution < -0.4 is 10.2 Å².